The highest BCUT2D eigenvalue weighted by Crippen LogP contribution is 2.65. The van der Waals surface area contributed by atoms with Crippen molar-refractivity contribution in [2.45, 2.75) is 77.2 Å². The van der Waals surface area contributed by atoms with Crippen molar-refractivity contribution in [1.82, 2.24) is 5.32 Å². The van der Waals surface area contributed by atoms with Crippen LogP contribution in [0.25, 0.3) is 0 Å². The van der Waals surface area contributed by atoms with Gasteiger partial charge in [-0.2, -0.15) is 0 Å². The van der Waals surface area contributed by atoms with Crippen LogP contribution in [0, 0.1) is 29.0 Å². The van der Waals surface area contributed by atoms with E-state index < -0.39 is 23.3 Å². The van der Waals surface area contributed by atoms with Gasteiger partial charge in [-0.3, -0.25) is 9.59 Å². The molecule has 5 saturated carbocycles. The van der Waals surface area contributed by atoms with Crippen LogP contribution in [-0.2, 0) is 9.53 Å². The molecule has 1 aromatic carbocycles. The zero-order valence-electron chi connectivity index (χ0n) is 19.3. The van der Waals surface area contributed by atoms with Crippen LogP contribution in [0.15, 0.2) is 12.1 Å². The van der Waals surface area contributed by atoms with E-state index in [1.54, 1.807) is 26.8 Å². The molecule has 5 nitrogen and oxygen atoms in total. The van der Waals surface area contributed by atoms with Gasteiger partial charge in [-0.05, 0) is 101 Å². The smallest absolute Gasteiger partial charge is 0.325 e. The molecular formula is C26H34FNO4. The predicted molar refractivity (Wildman–Crippen MR) is 118 cm³/mol. The van der Waals surface area contributed by atoms with E-state index in [4.69, 9.17) is 9.47 Å². The molecule has 0 spiro atoms. The van der Waals surface area contributed by atoms with E-state index >= 15 is 0 Å². The van der Waals surface area contributed by atoms with Gasteiger partial charge in [0.1, 0.15) is 23.7 Å². The van der Waals surface area contributed by atoms with Gasteiger partial charge >= 0.3 is 5.97 Å². The fourth-order valence-electron chi connectivity index (χ4n) is 6.63. The third-order valence-corrected chi connectivity index (χ3v) is 7.85. The molecule has 6 heteroatoms. The summed E-state index contributed by atoms with van der Waals surface area (Å²) in [5, 5.41) is 2.49. The molecule has 174 valence electrons. The summed E-state index contributed by atoms with van der Waals surface area (Å²) in [4.78, 5) is 24.5. The minimum Gasteiger partial charge on any atom is -0.493 e. The number of amides is 1. The van der Waals surface area contributed by atoms with Crippen molar-refractivity contribution < 1.29 is 23.5 Å². The zero-order chi connectivity index (χ0) is 22.7. The van der Waals surface area contributed by atoms with Gasteiger partial charge in [0.2, 0.25) is 0 Å². The summed E-state index contributed by atoms with van der Waals surface area (Å²) in [5.74, 6) is 1.62. The molecule has 0 heterocycles. The van der Waals surface area contributed by atoms with Gasteiger partial charge in [0.25, 0.3) is 5.91 Å². The Morgan fingerprint density at radius 1 is 1.12 bits per heavy atom. The maximum absolute atomic E-state index is 14.9. The van der Waals surface area contributed by atoms with Crippen molar-refractivity contribution in [3.05, 3.63) is 29.1 Å². The minimum atomic E-state index is -0.636. The number of hydrogen-bond acceptors (Lipinski definition) is 4. The van der Waals surface area contributed by atoms with Crippen LogP contribution in [0.5, 0.6) is 5.75 Å². The first-order valence-corrected chi connectivity index (χ1v) is 12.1. The summed E-state index contributed by atoms with van der Waals surface area (Å²) in [6.07, 6.45) is 8.60. The Morgan fingerprint density at radius 2 is 1.81 bits per heavy atom. The molecule has 0 aliphatic heterocycles. The lowest BCUT2D eigenvalue weighted by molar-refractivity contribution is -0.153. The highest BCUT2D eigenvalue weighted by Gasteiger charge is 2.58. The lowest BCUT2D eigenvalue weighted by Crippen LogP contribution is -2.35. The third-order valence-electron chi connectivity index (χ3n) is 7.85. The van der Waals surface area contributed by atoms with Crippen LogP contribution >= 0.6 is 0 Å². The fraction of sp³-hybridized carbons (Fsp3) is 0.692. The Morgan fingerprint density at radius 3 is 2.44 bits per heavy atom. The molecule has 1 amide bonds. The second-order valence-electron chi connectivity index (χ2n) is 11.6. The predicted octanol–water partition coefficient (Wildman–Crippen LogP) is 4.98. The first-order valence-electron chi connectivity index (χ1n) is 12.1. The van der Waals surface area contributed by atoms with Crippen LogP contribution < -0.4 is 10.1 Å². The number of carbonyl (C=O) groups is 2. The molecule has 0 radical (unpaired) electrons. The van der Waals surface area contributed by atoms with Crippen LogP contribution in [0.2, 0.25) is 0 Å². The number of hydrogen-bond donors (Lipinski definition) is 1. The molecular weight excluding hydrogens is 409 g/mol. The first-order chi connectivity index (χ1) is 15.1. The Bertz CT molecular complexity index is 918. The number of carbonyl (C=O) groups excluding carboxylic acids is 2. The summed E-state index contributed by atoms with van der Waals surface area (Å²) < 4.78 is 26.5. The molecule has 5 fully saturated rings. The van der Waals surface area contributed by atoms with Gasteiger partial charge in [-0.25, -0.2) is 4.39 Å². The number of halogens is 1. The van der Waals surface area contributed by atoms with Gasteiger partial charge in [0.15, 0.2) is 0 Å². The van der Waals surface area contributed by atoms with E-state index in [1.165, 1.54) is 38.2 Å². The molecule has 32 heavy (non-hydrogen) atoms. The maximum Gasteiger partial charge on any atom is 0.325 e. The van der Waals surface area contributed by atoms with Crippen LogP contribution in [0.1, 0.15) is 87.6 Å². The number of benzene rings is 1. The SMILES string of the molecule is CC(C)(C)OC(=O)CNC(=O)c1cc(C2CC2)c(OCC23CC4CC(CC2C4)C3)cc1F. The highest BCUT2D eigenvalue weighted by atomic mass is 19.1. The van der Waals surface area contributed by atoms with Crippen molar-refractivity contribution in [2.24, 2.45) is 23.2 Å². The van der Waals surface area contributed by atoms with Gasteiger partial charge in [-0.1, -0.05) is 0 Å². The Kier molecular flexibility index (Phi) is 5.25. The largest absolute Gasteiger partial charge is 0.493 e. The Hall–Kier alpha value is -2.11. The zero-order valence-corrected chi connectivity index (χ0v) is 19.3. The summed E-state index contributed by atoms with van der Waals surface area (Å²) in [6, 6.07) is 3.01. The second kappa shape index (κ2) is 7.74. The quantitative estimate of drug-likeness (QED) is 0.604. The van der Waals surface area contributed by atoms with Crippen molar-refractivity contribution in [3.8, 4) is 5.75 Å². The molecule has 5 aliphatic carbocycles. The highest BCUT2D eigenvalue weighted by molar-refractivity contribution is 5.96. The normalized spacial score (nSPS) is 30.4. The van der Waals surface area contributed by atoms with E-state index in [-0.39, 0.29) is 17.5 Å². The van der Waals surface area contributed by atoms with E-state index in [0.29, 0.717) is 18.3 Å². The Labute approximate surface area is 189 Å². The minimum absolute atomic E-state index is 0.0400. The van der Waals surface area contributed by atoms with E-state index in [2.05, 4.69) is 5.32 Å². The topological polar surface area (TPSA) is 64.6 Å². The van der Waals surface area contributed by atoms with Crippen molar-refractivity contribution >= 4 is 11.9 Å². The van der Waals surface area contributed by atoms with E-state index in [0.717, 1.165) is 36.2 Å². The van der Waals surface area contributed by atoms with Crippen LogP contribution in [-0.4, -0.2) is 30.6 Å². The molecule has 2 atom stereocenters. The Balaban J connectivity index is 1.28. The molecule has 2 unspecified atom stereocenters. The average molecular weight is 444 g/mol. The van der Waals surface area contributed by atoms with E-state index in [9.17, 15) is 14.0 Å². The summed E-state index contributed by atoms with van der Waals surface area (Å²) in [7, 11) is 0. The van der Waals surface area contributed by atoms with E-state index in [1.807, 2.05) is 0 Å². The fourth-order valence-corrected chi connectivity index (χ4v) is 6.63. The van der Waals surface area contributed by atoms with Crippen LogP contribution in [0.3, 0.4) is 0 Å². The lowest BCUT2D eigenvalue weighted by atomic mass is 9.76. The summed E-state index contributed by atoms with van der Waals surface area (Å²) >= 11 is 0. The van der Waals surface area contributed by atoms with Crippen molar-refractivity contribution in [2.75, 3.05) is 13.2 Å². The summed E-state index contributed by atoms with van der Waals surface area (Å²) in [5.41, 5.74) is 0.515. The molecule has 1 aromatic rings. The standard InChI is InChI=1S/C26H34FNO4/c1-25(2,3)32-23(29)13-28-24(30)20-9-19(17-4-5-17)22(10-21(20)27)31-14-26-11-15-6-16(12-26)8-18(26)7-15/h9-10,15-18H,4-8,11-14H2,1-3H3,(H,28,30). The van der Waals surface area contributed by atoms with Crippen molar-refractivity contribution in [3.63, 3.8) is 0 Å². The van der Waals surface area contributed by atoms with Gasteiger partial charge < -0.3 is 14.8 Å². The average Bonchev–Trinajstić information content (AvgIpc) is 3.46. The first kappa shape index (κ1) is 21.7. The molecule has 0 saturated heterocycles. The number of ether oxygens (including phenoxy) is 2. The third kappa shape index (κ3) is 4.25. The maximum atomic E-state index is 14.9. The number of rotatable bonds is 7. The van der Waals surface area contributed by atoms with Gasteiger partial charge in [-0.15, -0.1) is 0 Å². The molecule has 1 N–H and O–H groups in total. The summed E-state index contributed by atoms with van der Waals surface area (Å²) in [6.45, 7) is 5.64. The van der Waals surface area contributed by atoms with Crippen LogP contribution in [0.4, 0.5) is 4.39 Å². The van der Waals surface area contributed by atoms with Crippen molar-refractivity contribution in [1.29, 1.82) is 0 Å². The molecule has 0 aromatic heterocycles. The lowest BCUT2D eigenvalue weighted by Gasteiger charge is -2.33. The number of esters is 1. The molecule has 4 bridgehead atoms. The second-order valence-corrected chi connectivity index (χ2v) is 11.6. The molecule has 6 rings (SSSR count). The van der Waals surface area contributed by atoms with Gasteiger partial charge in [0.05, 0.1) is 12.2 Å². The monoisotopic (exact) mass is 443 g/mol. The van der Waals surface area contributed by atoms with Gasteiger partial charge in [0, 0.05) is 11.5 Å². The molecule has 5 aliphatic rings. The number of nitrogens with one attached hydrogen (secondary N) is 1.